The molecule has 0 unspecified atom stereocenters. The molecule has 0 radical (unpaired) electrons. The Labute approximate surface area is 196 Å². The van der Waals surface area contributed by atoms with Crippen LogP contribution in [-0.4, -0.2) is 59.5 Å². The lowest BCUT2D eigenvalue weighted by molar-refractivity contribution is -0.121. The first-order valence-electron chi connectivity index (χ1n) is 11.8. The molecule has 0 atom stereocenters. The summed E-state index contributed by atoms with van der Waals surface area (Å²) in [4.78, 5) is 24.3. The highest BCUT2D eigenvalue weighted by atomic mass is 32.1. The summed E-state index contributed by atoms with van der Waals surface area (Å²) in [5, 5.41) is 3.51. The van der Waals surface area contributed by atoms with Gasteiger partial charge in [0.2, 0.25) is 5.91 Å². The number of hydrogen-bond donors (Lipinski definition) is 1. The van der Waals surface area contributed by atoms with Gasteiger partial charge in [-0.2, -0.15) is 0 Å². The smallest absolute Gasteiger partial charge is 0.273 e. The Bertz CT molecular complexity index is 886. The van der Waals surface area contributed by atoms with Crippen LogP contribution >= 0.6 is 11.3 Å². The number of nitrogens with one attached hydrogen (secondary N) is 1. The van der Waals surface area contributed by atoms with Gasteiger partial charge in [-0.25, -0.2) is 18.7 Å². The minimum absolute atomic E-state index is 0.00278. The van der Waals surface area contributed by atoms with Crippen molar-refractivity contribution in [1.29, 1.82) is 0 Å². The van der Waals surface area contributed by atoms with Crippen molar-refractivity contribution in [2.75, 3.05) is 26.2 Å². The molecule has 1 amide bonds. The van der Waals surface area contributed by atoms with Crippen LogP contribution in [0.15, 0.2) is 10.6 Å². The molecule has 1 aliphatic carbocycles. The van der Waals surface area contributed by atoms with Crippen LogP contribution in [0.2, 0.25) is 0 Å². The zero-order chi connectivity index (χ0) is 23.2. The van der Waals surface area contributed by atoms with Crippen LogP contribution in [0.3, 0.4) is 0 Å². The minimum Gasteiger partial charge on any atom is -0.464 e. The van der Waals surface area contributed by atoms with Crippen LogP contribution in [-0.2, 0) is 24.1 Å². The molecule has 0 saturated heterocycles. The number of amides is 1. The van der Waals surface area contributed by atoms with E-state index < -0.39 is 13.0 Å². The Morgan fingerprint density at radius 3 is 2.82 bits per heavy atom. The number of halogens is 2. The van der Waals surface area contributed by atoms with E-state index in [-0.39, 0.29) is 18.4 Å². The van der Waals surface area contributed by atoms with Crippen LogP contribution in [0.5, 0.6) is 5.19 Å². The highest BCUT2D eigenvalue weighted by Crippen LogP contribution is 2.30. The molecule has 7 nitrogen and oxygen atoms in total. The summed E-state index contributed by atoms with van der Waals surface area (Å²) in [6.45, 7) is 4.16. The second-order valence-corrected chi connectivity index (χ2v) is 10.0. The van der Waals surface area contributed by atoms with Gasteiger partial charge >= 0.3 is 0 Å². The Balaban J connectivity index is 1.13. The quantitative estimate of drug-likeness (QED) is 0.586. The Kier molecular flexibility index (Phi) is 8.29. The summed E-state index contributed by atoms with van der Waals surface area (Å²) < 4.78 is 35.2. The van der Waals surface area contributed by atoms with E-state index >= 15 is 0 Å². The van der Waals surface area contributed by atoms with Crippen molar-refractivity contribution in [3.05, 3.63) is 28.4 Å². The lowest BCUT2D eigenvalue weighted by atomic mass is 9.84. The molecule has 1 N–H and O–H groups in total. The molecule has 2 aromatic rings. The third-order valence-corrected chi connectivity index (χ3v) is 7.55. The molecular formula is C23H32F2N4O3S. The van der Waals surface area contributed by atoms with Crippen molar-refractivity contribution < 1.29 is 22.7 Å². The normalized spacial score (nSPS) is 21.6. The fraction of sp³-hybridized carbons (Fsp3) is 0.696. The molecule has 1 aliphatic heterocycles. The van der Waals surface area contributed by atoms with E-state index in [2.05, 4.69) is 20.2 Å². The second kappa shape index (κ2) is 11.4. The number of rotatable bonds is 9. The minimum atomic E-state index is -2.47. The van der Waals surface area contributed by atoms with Crippen LogP contribution in [0.4, 0.5) is 8.78 Å². The maximum Gasteiger partial charge on any atom is 0.273 e. The lowest BCUT2D eigenvalue weighted by Gasteiger charge is -2.30. The number of oxazole rings is 1. The lowest BCUT2D eigenvalue weighted by Crippen LogP contribution is -2.39. The van der Waals surface area contributed by atoms with E-state index in [9.17, 15) is 13.6 Å². The molecular weight excluding hydrogens is 450 g/mol. The van der Waals surface area contributed by atoms with Gasteiger partial charge in [0.1, 0.15) is 5.76 Å². The molecule has 10 heteroatoms. The number of thiazole rings is 1. The number of alkyl halides is 2. The van der Waals surface area contributed by atoms with E-state index in [1.54, 1.807) is 13.1 Å². The van der Waals surface area contributed by atoms with Gasteiger partial charge in [0, 0.05) is 37.4 Å². The predicted octanol–water partition coefficient (Wildman–Crippen LogP) is 3.79. The number of aryl methyl sites for hydroxylation is 1. The topological polar surface area (TPSA) is 80.5 Å². The van der Waals surface area contributed by atoms with Gasteiger partial charge in [-0.05, 0) is 51.0 Å². The molecule has 0 spiro atoms. The summed E-state index contributed by atoms with van der Waals surface area (Å²) in [6.07, 6.45) is 6.62. The van der Waals surface area contributed by atoms with E-state index in [1.807, 2.05) is 0 Å². The number of ether oxygens (including phenoxy) is 1. The zero-order valence-corrected chi connectivity index (χ0v) is 19.8. The van der Waals surface area contributed by atoms with Crippen molar-refractivity contribution >= 4 is 17.2 Å². The molecule has 0 bridgehead atoms. The number of nitrogens with zero attached hydrogens (tertiary/aromatic N) is 3. The number of carbonyl (C=O) groups excluding carboxylic acids is 1. The average Bonchev–Trinajstić information content (AvgIpc) is 3.32. The standard InChI is InChI=1S/C23H32F2N4O3S/c1-15-26-13-18(32-15)12-22(30)27-17-4-2-16(3-5-17)6-9-29-10-7-19-20(8-11-29)33-23(28-19)31-14-21(24)25/h13,16-17,21H,2-12,14H2,1H3,(H,27,30). The van der Waals surface area contributed by atoms with Gasteiger partial charge in [0.15, 0.2) is 12.5 Å². The molecule has 4 rings (SSSR count). The SMILES string of the molecule is Cc1ncc(CC(=O)NC2CCC(CCN3CCc4nc(OCC(F)F)sc4CC3)CC2)o1. The van der Waals surface area contributed by atoms with Gasteiger partial charge in [-0.1, -0.05) is 11.3 Å². The largest absolute Gasteiger partial charge is 0.464 e. The maximum atomic E-state index is 12.3. The second-order valence-electron chi connectivity index (χ2n) is 8.99. The maximum absolute atomic E-state index is 12.3. The number of aromatic nitrogens is 2. The summed E-state index contributed by atoms with van der Waals surface area (Å²) in [6, 6.07) is 0.250. The van der Waals surface area contributed by atoms with Crippen LogP contribution < -0.4 is 10.1 Å². The molecule has 1 fully saturated rings. The first kappa shape index (κ1) is 24.1. The summed E-state index contributed by atoms with van der Waals surface area (Å²) in [5.41, 5.74) is 1.00. The van der Waals surface area contributed by atoms with Crippen LogP contribution in [0, 0.1) is 12.8 Å². The van der Waals surface area contributed by atoms with Crippen LogP contribution in [0.1, 0.15) is 54.3 Å². The Hall–Kier alpha value is -2.07. The van der Waals surface area contributed by atoms with Gasteiger partial charge in [0.25, 0.3) is 11.6 Å². The summed E-state index contributed by atoms with van der Waals surface area (Å²) in [7, 11) is 0. The van der Waals surface area contributed by atoms with Crippen molar-refractivity contribution in [3.63, 3.8) is 0 Å². The molecule has 33 heavy (non-hydrogen) atoms. The third kappa shape index (κ3) is 7.20. The van der Waals surface area contributed by atoms with Gasteiger partial charge in [0.05, 0.1) is 18.3 Å². The number of fused-ring (bicyclic) bond motifs is 1. The van der Waals surface area contributed by atoms with Crippen molar-refractivity contribution in [2.45, 2.75) is 70.8 Å². The van der Waals surface area contributed by atoms with Gasteiger partial charge in [-0.3, -0.25) is 4.79 Å². The first-order chi connectivity index (χ1) is 15.9. The molecule has 1 saturated carbocycles. The van der Waals surface area contributed by atoms with Crippen molar-refractivity contribution in [1.82, 2.24) is 20.2 Å². The highest BCUT2D eigenvalue weighted by molar-refractivity contribution is 7.13. The molecule has 2 aromatic heterocycles. The zero-order valence-electron chi connectivity index (χ0n) is 19.0. The molecule has 3 heterocycles. The fourth-order valence-electron chi connectivity index (χ4n) is 4.69. The summed E-state index contributed by atoms with van der Waals surface area (Å²) >= 11 is 1.41. The van der Waals surface area contributed by atoms with Gasteiger partial charge < -0.3 is 19.4 Å². The van der Waals surface area contributed by atoms with E-state index in [0.29, 0.717) is 22.8 Å². The summed E-state index contributed by atoms with van der Waals surface area (Å²) in [5.74, 6) is 1.89. The molecule has 182 valence electrons. The number of hydrogen-bond acceptors (Lipinski definition) is 7. The van der Waals surface area contributed by atoms with E-state index in [0.717, 1.165) is 63.9 Å². The van der Waals surface area contributed by atoms with Gasteiger partial charge in [-0.15, -0.1) is 0 Å². The monoisotopic (exact) mass is 482 g/mol. The average molecular weight is 483 g/mol. The Morgan fingerprint density at radius 1 is 1.30 bits per heavy atom. The fourth-order valence-corrected chi connectivity index (χ4v) is 5.64. The predicted molar refractivity (Wildman–Crippen MR) is 121 cm³/mol. The van der Waals surface area contributed by atoms with Crippen molar-refractivity contribution in [2.24, 2.45) is 5.92 Å². The Morgan fingerprint density at radius 2 is 2.09 bits per heavy atom. The first-order valence-corrected chi connectivity index (χ1v) is 12.6. The van der Waals surface area contributed by atoms with Crippen LogP contribution in [0.25, 0.3) is 0 Å². The van der Waals surface area contributed by atoms with E-state index in [4.69, 9.17) is 9.15 Å². The van der Waals surface area contributed by atoms with Crippen molar-refractivity contribution in [3.8, 4) is 5.19 Å². The third-order valence-electron chi connectivity index (χ3n) is 6.48. The molecule has 0 aromatic carbocycles. The van der Waals surface area contributed by atoms with E-state index in [1.165, 1.54) is 22.6 Å². The highest BCUT2D eigenvalue weighted by Gasteiger charge is 2.24. The molecule has 2 aliphatic rings. The number of carbonyl (C=O) groups is 1.